The molecule has 1 aromatic rings. The summed E-state index contributed by atoms with van der Waals surface area (Å²) in [5.41, 5.74) is 0.698. The minimum absolute atomic E-state index is 0. The number of rotatable bonds is 3. The number of hydrogen-bond acceptors (Lipinski definition) is 3. The van der Waals surface area contributed by atoms with Gasteiger partial charge in [0, 0.05) is 37.8 Å². The van der Waals surface area contributed by atoms with Crippen molar-refractivity contribution in [2.24, 2.45) is 5.41 Å². The van der Waals surface area contributed by atoms with Crippen LogP contribution < -0.4 is 10.1 Å². The Balaban J connectivity index is 0.00000220. The first kappa shape index (κ1) is 21.4. The van der Waals surface area contributed by atoms with E-state index in [1.165, 1.54) is 6.07 Å². The van der Waals surface area contributed by atoms with Crippen molar-refractivity contribution in [3.05, 3.63) is 29.6 Å². The van der Waals surface area contributed by atoms with Crippen molar-refractivity contribution in [3.63, 3.8) is 0 Å². The molecule has 1 fully saturated rings. The highest BCUT2D eigenvalue weighted by Gasteiger charge is 2.34. The Morgan fingerprint density at radius 2 is 1.77 bits per heavy atom. The van der Waals surface area contributed by atoms with E-state index in [2.05, 4.69) is 31.0 Å². The van der Waals surface area contributed by atoms with E-state index in [0.29, 0.717) is 5.75 Å². The molecule has 1 saturated heterocycles. The monoisotopic (exact) mass is 352 g/mol. The van der Waals surface area contributed by atoms with Gasteiger partial charge in [-0.2, -0.15) is 0 Å². The zero-order valence-corrected chi connectivity index (χ0v) is 15.3. The largest absolute Gasteiger partial charge is 0.497 e. The molecule has 0 bridgehead atoms. The maximum absolute atomic E-state index is 14.3. The Labute approximate surface area is 145 Å². The third kappa shape index (κ3) is 4.98. The standard InChI is InChI=1S/C16H25FN2O.2ClH/c1-16(2,3)15(19-9-7-18-8-10-19)13-11-12(20-4)5-6-14(13)17;;/h5-6,11,15,18H,7-10H2,1-4H3;2*1H/t15-;;/m1../s1. The second kappa shape index (κ2) is 8.92. The molecule has 0 amide bonds. The van der Waals surface area contributed by atoms with Gasteiger partial charge in [-0.1, -0.05) is 20.8 Å². The molecule has 3 nitrogen and oxygen atoms in total. The molecule has 1 aromatic carbocycles. The quantitative estimate of drug-likeness (QED) is 0.897. The topological polar surface area (TPSA) is 24.5 Å². The predicted molar refractivity (Wildman–Crippen MR) is 94.1 cm³/mol. The number of piperazine rings is 1. The van der Waals surface area contributed by atoms with Gasteiger partial charge in [0.25, 0.3) is 0 Å². The number of nitrogens with zero attached hydrogens (tertiary/aromatic N) is 1. The number of halogens is 3. The van der Waals surface area contributed by atoms with E-state index in [1.54, 1.807) is 13.2 Å². The van der Waals surface area contributed by atoms with Crippen LogP contribution in [0.25, 0.3) is 0 Å². The summed E-state index contributed by atoms with van der Waals surface area (Å²) in [6, 6.07) is 5.08. The summed E-state index contributed by atoms with van der Waals surface area (Å²) in [5, 5.41) is 3.35. The lowest BCUT2D eigenvalue weighted by Crippen LogP contribution is -2.48. The maximum atomic E-state index is 14.3. The first-order valence-corrected chi connectivity index (χ1v) is 7.21. The van der Waals surface area contributed by atoms with E-state index in [0.717, 1.165) is 31.7 Å². The molecule has 0 spiro atoms. The molecule has 0 radical (unpaired) electrons. The van der Waals surface area contributed by atoms with Crippen LogP contribution in [0.15, 0.2) is 18.2 Å². The molecule has 0 aliphatic carbocycles. The Bertz CT molecular complexity index is 460. The smallest absolute Gasteiger partial charge is 0.128 e. The lowest BCUT2D eigenvalue weighted by Gasteiger charge is -2.42. The molecule has 1 heterocycles. The van der Waals surface area contributed by atoms with Gasteiger partial charge in [0.1, 0.15) is 11.6 Å². The van der Waals surface area contributed by atoms with Crippen LogP contribution in [0.4, 0.5) is 4.39 Å². The summed E-state index contributed by atoms with van der Waals surface area (Å²) in [4.78, 5) is 2.37. The average molecular weight is 353 g/mol. The van der Waals surface area contributed by atoms with Gasteiger partial charge in [-0.15, -0.1) is 24.8 Å². The lowest BCUT2D eigenvalue weighted by atomic mass is 9.80. The Hall–Kier alpha value is -0.550. The van der Waals surface area contributed by atoms with Crippen LogP contribution >= 0.6 is 24.8 Å². The van der Waals surface area contributed by atoms with E-state index >= 15 is 0 Å². The third-order valence-corrected chi connectivity index (χ3v) is 3.83. The van der Waals surface area contributed by atoms with Gasteiger partial charge in [0.05, 0.1) is 7.11 Å². The van der Waals surface area contributed by atoms with Crippen molar-refractivity contribution in [3.8, 4) is 5.75 Å². The molecule has 2 rings (SSSR count). The molecular formula is C16H27Cl2FN2O. The molecule has 1 atom stereocenters. The predicted octanol–water partition coefficient (Wildman–Crippen LogP) is 3.67. The molecule has 6 heteroatoms. The van der Waals surface area contributed by atoms with Crippen molar-refractivity contribution in [1.29, 1.82) is 0 Å². The van der Waals surface area contributed by atoms with Crippen LogP contribution in [0.2, 0.25) is 0 Å². The third-order valence-electron chi connectivity index (χ3n) is 3.83. The summed E-state index contributed by atoms with van der Waals surface area (Å²) in [7, 11) is 1.62. The lowest BCUT2D eigenvalue weighted by molar-refractivity contribution is 0.0832. The second-order valence-electron chi connectivity index (χ2n) is 6.44. The van der Waals surface area contributed by atoms with Crippen molar-refractivity contribution >= 4 is 24.8 Å². The Morgan fingerprint density at radius 3 is 2.27 bits per heavy atom. The molecule has 128 valence electrons. The fourth-order valence-electron chi connectivity index (χ4n) is 3.01. The van der Waals surface area contributed by atoms with Crippen LogP contribution in [0.1, 0.15) is 32.4 Å². The Kier molecular flexibility index (Phi) is 8.70. The molecular weight excluding hydrogens is 326 g/mol. The number of nitrogens with one attached hydrogen (secondary N) is 1. The van der Waals surface area contributed by atoms with Crippen molar-refractivity contribution in [2.45, 2.75) is 26.8 Å². The van der Waals surface area contributed by atoms with E-state index in [1.807, 2.05) is 6.07 Å². The van der Waals surface area contributed by atoms with Crippen LogP contribution in [0.3, 0.4) is 0 Å². The minimum Gasteiger partial charge on any atom is -0.497 e. The zero-order valence-electron chi connectivity index (χ0n) is 13.7. The van der Waals surface area contributed by atoms with Gasteiger partial charge in [0.2, 0.25) is 0 Å². The van der Waals surface area contributed by atoms with Crippen LogP contribution in [0, 0.1) is 11.2 Å². The molecule has 22 heavy (non-hydrogen) atoms. The van der Waals surface area contributed by atoms with Gasteiger partial charge < -0.3 is 10.1 Å². The van der Waals surface area contributed by atoms with E-state index < -0.39 is 0 Å². The highest BCUT2D eigenvalue weighted by atomic mass is 35.5. The van der Waals surface area contributed by atoms with Crippen molar-refractivity contribution in [2.75, 3.05) is 33.3 Å². The average Bonchev–Trinajstić information content (AvgIpc) is 2.41. The molecule has 1 aliphatic rings. The number of ether oxygens (including phenoxy) is 1. The Morgan fingerprint density at radius 1 is 1.18 bits per heavy atom. The first-order chi connectivity index (χ1) is 9.43. The normalized spacial score (nSPS) is 17.1. The molecule has 0 unspecified atom stereocenters. The molecule has 1 aliphatic heterocycles. The fourth-order valence-corrected chi connectivity index (χ4v) is 3.01. The van der Waals surface area contributed by atoms with Gasteiger partial charge in [-0.05, 0) is 23.6 Å². The highest BCUT2D eigenvalue weighted by Crippen LogP contribution is 2.40. The van der Waals surface area contributed by atoms with Crippen LogP contribution in [0.5, 0.6) is 5.75 Å². The maximum Gasteiger partial charge on any atom is 0.128 e. The van der Waals surface area contributed by atoms with E-state index in [-0.39, 0.29) is 42.1 Å². The minimum atomic E-state index is -0.149. The highest BCUT2D eigenvalue weighted by molar-refractivity contribution is 5.85. The van der Waals surface area contributed by atoms with Crippen LogP contribution in [-0.2, 0) is 0 Å². The SMILES string of the molecule is COc1ccc(F)c([C@@H](N2CCNCC2)C(C)(C)C)c1.Cl.Cl. The zero-order chi connectivity index (χ0) is 14.8. The fraction of sp³-hybridized carbons (Fsp3) is 0.625. The summed E-state index contributed by atoms with van der Waals surface area (Å²) >= 11 is 0. The summed E-state index contributed by atoms with van der Waals surface area (Å²) in [5.74, 6) is 0.565. The van der Waals surface area contributed by atoms with Gasteiger partial charge in [-0.25, -0.2) is 4.39 Å². The number of methoxy groups -OCH3 is 1. The number of hydrogen-bond donors (Lipinski definition) is 1. The molecule has 0 aromatic heterocycles. The van der Waals surface area contributed by atoms with E-state index in [9.17, 15) is 4.39 Å². The molecule has 1 N–H and O–H groups in total. The van der Waals surface area contributed by atoms with Gasteiger partial charge in [0.15, 0.2) is 0 Å². The second-order valence-corrected chi connectivity index (χ2v) is 6.44. The van der Waals surface area contributed by atoms with Crippen LogP contribution in [-0.4, -0.2) is 38.2 Å². The van der Waals surface area contributed by atoms with Crippen molar-refractivity contribution < 1.29 is 9.13 Å². The van der Waals surface area contributed by atoms with Crippen molar-refractivity contribution in [1.82, 2.24) is 10.2 Å². The van der Waals surface area contributed by atoms with E-state index in [4.69, 9.17) is 4.74 Å². The summed E-state index contributed by atoms with van der Waals surface area (Å²) < 4.78 is 19.6. The summed E-state index contributed by atoms with van der Waals surface area (Å²) in [6.45, 7) is 10.3. The molecule has 0 saturated carbocycles. The first-order valence-electron chi connectivity index (χ1n) is 7.21. The summed E-state index contributed by atoms with van der Waals surface area (Å²) in [6.07, 6.45) is 0. The number of benzene rings is 1. The van der Waals surface area contributed by atoms with Gasteiger partial charge >= 0.3 is 0 Å². The van der Waals surface area contributed by atoms with Gasteiger partial charge in [-0.3, -0.25) is 4.90 Å².